The van der Waals surface area contributed by atoms with Crippen molar-refractivity contribution in [3.05, 3.63) is 193 Å². The van der Waals surface area contributed by atoms with Crippen LogP contribution in [0, 0.1) is 0 Å². The predicted molar refractivity (Wildman–Crippen MR) is 228 cm³/mol. The van der Waals surface area contributed by atoms with Crippen molar-refractivity contribution < 1.29 is 0 Å². The maximum absolute atomic E-state index is 2.48. The Morgan fingerprint density at radius 2 is 0.679 bits per heavy atom. The lowest BCUT2D eigenvalue weighted by Crippen LogP contribution is -2.14. The van der Waals surface area contributed by atoms with Crippen LogP contribution >= 0.6 is 0 Å². The standard InChI is InChI=1S/C53H36/c1-53(2)51-24-21-40(39-18-15-33-9-3-6-12-36(33)25-39)28-49(51)50-31-43-29-47-45(41-19-16-34-10-4-7-13-37(34)26-41)22-23-46(48(47)30-44(43)32-52(50)53)42-20-17-35-11-5-8-14-38(35)27-42/h3-32H,1-2H3. The summed E-state index contributed by atoms with van der Waals surface area (Å²) < 4.78 is 0. The molecule has 11 rings (SSSR count). The first-order chi connectivity index (χ1) is 26.0. The second-order valence-corrected chi connectivity index (χ2v) is 15.4. The molecule has 0 aromatic heterocycles. The lowest BCUT2D eigenvalue weighted by Gasteiger charge is -2.22. The van der Waals surface area contributed by atoms with Gasteiger partial charge in [-0.05, 0) is 158 Å². The van der Waals surface area contributed by atoms with E-state index in [4.69, 9.17) is 0 Å². The van der Waals surface area contributed by atoms with Gasteiger partial charge < -0.3 is 0 Å². The SMILES string of the molecule is CC1(C)c2ccc(-c3ccc4ccccc4c3)cc2-c2cc3cc4c(-c5ccc6ccccc6c5)ccc(-c5ccc6ccccc6c5)c4cc3cc21. The molecule has 1 aliphatic carbocycles. The van der Waals surface area contributed by atoms with E-state index in [1.807, 2.05) is 0 Å². The molecule has 1 aliphatic rings. The molecule has 10 aromatic rings. The summed E-state index contributed by atoms with van der Waals surface area (Å²) in [4.78, 5) is 0. The normalized spacial score (nSPS) is 13.2. The van der Waals surface area contributed by atoms with Crippen molar-refractivity contribution in [2.45, 2.75) is 19.3 Å². The average Bonchev–Trinajstić information content (AvgIpc) is 3.42. The van der Waals surface area contributed by atoms with E-state index in [2.05, 4.69) is 196 Å². The fourth-order valence-corrected chi connectivity index (χ4v) is 9.10. The third-order valence-electron chi connectivity index (χ3n) is 12.0. The summed E-state index contributed by atoms with van der Waals surface area (Å²) in [6.45, 7) is 4.77. The lowest BCUT2D eigenvalue weighted by atomic mass is 9.81. The van der Waals surface area contributed by atoms with Gasteiger partial charge in [0.05, 0.1) is 0 Å². The van der Waals surface area contributed by atoms with Gasteiger partial charge in [-0.15, -0.1) is 0 Å². The minimum atomic E-state index is -0.107. The minimum Gasteiger partial charge on any atom is -0.0616 e. The Bertz CT molecular complexity index is 3140. The Morgan fingerprint density at radius 3 is 1.23 bits per heavy atom. The molecule has 0 nitrogen and oxygen atoms in total. The van der Waals surface area contributed by atoms with Gasteiger partial charge in [-0.3, -0.25) is 0 Å². The van der Waals surface area contributed by atoms with Crippen LogP contribution in [0.1, 0.15) is 25.0 Å². The van der Waals surface area contributed by atoms with Gasteiger partial charge in [0.1, 0.15) is 0 Å². The van der Waals surface area contributed by atoms with Crippen molar-refractivity contribution in [2.75, 3.05) is 0 Å². The van der Waals surface area contributed by atoms with Gasteiger partial charge in [-0.25, -0.2) is 0 Å². The summed E-state index contributed by atoms with van der Waals surface area (Å²) in [7, 11) is 0. The van der Waals surface area contributed by atoms with Crippen LogP contribution < -0.4 is 0 Å². The van der Waals surface area contributed by atoms with Crippen molar-refractivity contribution in [1.82, 2.24) is 0 Å². The van der Waals surface area contributed by atoms with E-state index in [1.54, 1.807) is 0 Å². The van der Waals surface area contributed by atoms with E-state index in [-0.39, 0.29) is 5.41 Å². The molecule has 0 saturated carbocycles. The molecule has 0 heteroatoms. The molecule has 0 heterocycles. The van der Waals surface area contributed by atoms with Crippen LogP contribution in [0.2, 0.25) is 0 Å². The molecule has 0 unspecified atom stereocenters. The van der Waals surface area contributed by atoms with Crippen molar-refractivity contribution in [1.29, 1.82) is 0 Å². The molecular formula is C53H36. The van der Waals surface area contributed by atoms with Gasteiger partial charge >= 0.3 is 0 Å². The van der Waals surface area contributed by atoms with Crippen LogP contribution in [0.3, 0.4) is 0 Å². The third kappa shape index (κ3) is 4.69. The molecule has 248 valence electrons. The number of fused-ring (bicyclic) bond motifs is 8. The van der Waals surface area contributed by atoms with Gasteiger partial charge in [0.15, 0.2) is 0 Å². The van der Waals surface area contributed by atoms with Crippen LogP contribution in [-0.4, -0.2) is 0 Å². The van der Waals surface area contributed by atoms with Crippen molar-refractivity contribution in [3.8, 4) is 44.5 Å². The highest BCUT2D eigenvalue weighted by Gasteiger charge is 2.36. The molecule has 0 bridgehead atoms. The third-order valence-corrected chi connectivity index (χ3v) is 12.0. The molecule has 0 aliphatic heterocycles. The molecular weight excluding hydrogens is 637 g/mol. The summed E-state index contributed by atoms with van der Waals surface area (Å²) in [6.07, 6.45) is 0. The van der Waals surface area contributed by atoms with E-state index in [9.17, 15) is 0 Å². The van der Waals surface area contributed by atoms with E-state index in [0.29, 0.717) is 0 Å². The van der Waals surface area contributed by atoms with Crippen molar-refractivity contribution in [3.63, 3.8) is 0 Å². The summed E-state index contributed by atoms with van der Waals surface area (Å²) in [6, 6.07) is 68.2. The molecule has 0 amide bonds. The number of benzene rings is 10. The van der Waals surface area contributed by atoms with E-state index < -0.39 is 0 Å². The first-order valence-corrected chi connectivity index (χ1v) is 18.7. The Kier molecular flexibility index (Phi) is 6.40. The topological polar surface area (TPSA) is 0 Å². The zero-order valence-corrected chi connectivity index (χ0v) is 29.8. The molecule has 10 aromatic carbocycles. The maximum Gasteiger partial charge on any atom is 0.0159 e. The molecule has 0 N–H and O–H groups in total. The van der Waals surface area contributed by atoms with Gasteiger partial charge in [-0.1, -0.05) is 147 Å². The van der Waals surface area contributed by atoms with E-state index in [0.717, 1.165) is 0 Å². The Labute approximate surface area is 309 Å². The van der Waals surface area contributed by atoms with Crippen LogP contribution in [0.4, 0.5) is 0 Å². The Morgan fingerprint density at radius 1 is 0.264 bits per heavy atom. The van der Waals surface area contributed by atoms with E-state index >= 15 is 0 Å². The van der Waals surface area contributed by atoms with Gasteiger partial charge in [-0.2, -0.15) is 0 Å². The summed E-state index contributed by atoms with van der Waals surface area (Å²) >= 11 is 0. The number of hydrogen-bond acceptors (Lipinski definition) is 0. The highest BCUT2D eigenvalue weighted by atomic mass is 14.4. The first kappa shape index (κ1) is 30.2. The fourth-order valence-electron chi connectivity index (χ4n) is 9.10. The molecule has 53 heavy (non-hydrogen) atoms. The number of hydrogen-bond donors (Lipinski definition) is 0. The van der Waals surface area contributed by atoms with E-state index in [1.165, 1.54) is 109 Å². The van der Waals surface area contributed by atoms with Gasteiger partial charge in [0, 0.05) is 5.41 Å². The molecule has 0 fully saturated rings. The maximum atomic E-state index is 2.48. The first-order valence-electron chi connectivity index (χ1n) is 18.7. The van der Waals surface area contributed by atoms with Crippen molar-refractivity contribution in [2.24, 2.45) is 0 Å². The molecule has 0 saturated heterocycles. The highest BCUT2D eigenvalue weighted by Crippen LogP contribution is 2.51. The highest BCUT2D eigenvalue weighted by molar-refractivity contribution is 6.13. The smallest absolute Gasteiger partial charge is 0.0159 e. The van der Waals surface area contributed by atoms with Gasteiger partial charge in [0.2, 0.25) is 0 Å². The average molecular weight is 673 g/mol. The molecule has 0 atom stereocenters. The lowest BCUT2D eigenvalue weighted by molar-refractivity contribution is 0.661. The fraction of sp³-hybridized carbons (Fsp3) is 0.0566. The Hall–Kier alpha value is -6.50. The summed E-state index contributed by atoms with van der Waals surface area (Å²) in [5, 5.41) is 12.7. The summed E-state index contributed by atoms with van der Waals surface area (Å²) in [5.41, 5.74) is 12.9. The monoisotopic (exact) mass is 672 g/mol. The van der Waals surface area contributed by atoms with Crippen LogP contribution in [0.25, 0.3) is 98.4 Å². The minimum absolute atomic E-state index is 0.107. The Balaban J connectivity index is 1.14. The zero-order chi connectivity index (χ0) is 35.3. The largest absolute Gasteiger partial charge is 0.0616 e. The second kappa shape index (κ2) is 11.2. The predicted octanol–water partition coefficient (Wildman–Crippen LogP) is 14.8. The van der Waals surface area contributed by atoms with Crippen LogP contribution in [-0.2, 0) is 5.41 Å². The molecule has 0 spiro atoms. The summed E-state index contributed by atoms with van der Waals surface area (Å²) in [5.74, 6) is 0. The zero-order valence-electron chi connectivity index (χ0n) is 29.8. The van der Waals surface area contributed by atoms with Gasteiger partial charge in [0.25, 0.3) is 0 Å². The molecule has 0 radical (unpaired) electrons. The second-order valence-electron chi connectivity index (χ2n) is 15.4. The van der Waals surface area contributed by atoms with Crippen LogP contribution in [0.15, 0.2) is 182 Å². The van der Waals surface area contributed by atoms with Crippen LogP contribution in [0.5, 0.6) is 0 Å². The number of rotatable bonds is 3. The quantitative estimate of drug-likeness (QED) is 0.164. The van der Waals surface area contributed by atoms with Crippen molar-refractivity contribution >= 4 is 53.9 Å².